The van der Waals surface area contributed by atoms with Crippen LogP contribution in [0, 0.1) is 6.92 Å². The van der Waals surface area contributed by atoms with E-state index in [4.69, 9.17) is 22.1 Å². The Hall–Kier alpha value is -0.970. The van der Waals surface area contributed by atoms with Crippen molar-refractivity contribution >= 4 is 29.9 Å². The molecule has 1 atom stereocenters. The fourth-order valence-corrected chi connectivity index (χ4v) is 1.93. The summed E-state index contributed by atoms with van der Waals surface area (Å²) in [6.45, 7) is 5.03. The lowest BCUT2D eigenvalue weighted by atomic mass is 10.2. The van der Waals surface area contributed by atoms with Crippen molar-refractivity contribution in [1.29, 1.82) is 0 Å². The molecule has 1 aromatic carbocycles. The number of hydrogen-bond donors (Lipinski definition) is 2. The van der Waals surface area contributed by atoms with E-state index in [2.05, 4.69) is 5.32 Å². The maximum absolute atomic E-state index is 11.5. The van der Waals surface area contributed by atoms with Crippen molar-refractivity contribution in [3.8, 4) is 5.75 Å². The summed E-state index contributed by atoms with van der Waals surface area (Å²) in [4.78, 5) is 11.5. The molecule has 0 saturated heterocycles. The highest BCUT2D eigenvalue weighted by atomic mass is 35.5. The van der Waals surface area contributed by atoms with E-state index in [-0.39, 0.29) is 24.4 Å². The van der Waals surface area contributed by atoms with Crippen molar-refractivity contribution in [1.82, 2.24) is 5.32 Å². The number of aryl methyl sites for hydroxylation is 1. The van der Waals surface area contributed by atoms with Gasteiger partial charge in [-0.1, -0.05) is 11.6 Å². The van der Waals surface area contributed by atoms with Gasteiger partial charge >= 0.3 is 0 Å². The largest absolute Gasteiger partial charge is 0.493 e. The summed E-state index contributed by atoms with van der Waals surface area (Å²) < 4.78 is 5.64. The van der Waals surface area contributed by atoms with Gasteiger partial charge in [-0.2, -0.15) is 0 Å². The van der Waals surface area contributed by atoms with E-state index < -0.39 is 0 Å². The molecule has 0 aliphatic heterocycles. The second-order valence-electron chi connectivity index (χ2n) is 4.98. The molecule has 6 heteroatoms. The molecule has 4 nitrogen and oxygen atoms in total. The number of nitrogens with two attached hydrogens (primary N) is 1. The van der Waals surface area contributed by atoms with Crippen LogP contribution in [0.3, 0.4) is 0 Å². The van der Waals surface area contributed by atoms with Gasteiger partial charge in [-0.15, -0.1) is 12.4 Å². The van der Waals surface area contributed by atoms with Crippen LogP contribution in [-0.4, -0.2) is 25.1 Å². The first-order valence-corrected chi connectivity index (χ1v) is 7.28. The fraction of sp³-hybridized carbons (Fsp3) is 0.533. The molecular weight excluding hydrogens is 311 g/mol. The lowest BCUT2D eigenvalue weighted by molar-refractivity contribution is -0.121. The van der Waals surface area contributed by atoms with Gasteiger partial charge in [0.15, 0.2) is 0 Å². The smallest absolute Gasteiger partial charge is 0.220 e. The van der Waals surface area contributed by atoms with Crippen LogP contribution < -0.4 is 15.8 Å². The molecule has 0 aliphatic rings. The SMILES string of the molecule is Cc1cc(Cl)ccc1OCCCNC(=O)CCC(C)N.Cl. The molecule has 1 aromatic rings. The highest BCUT2D eigenvalue weighted by Gasteiger charge is 2.03. The van der Waals surface area contributed by atoms with Crippen molar-refractivity contribution in [3.05, 3.63) is 28.8 Å². The third kappa shape index (κ3) is 8.81. The van der Waals surface area contributed by atoms with E-state index in [0.29, 0.717) is 31.0 Å². The molecule has 1 unspecified atom stereocenters. The molecule has 3 N–H and O–H groups in total. The third-order valence-electron chi connectivity index (χ3n) is 2.86. The normalized spacial score (nSPS) is 11.4. The second-order valence-corrected chi connectivity index (χ2v) is 5.41. The van der Waals surface area contributed by atoms with Crippen LogP contribution in [0.4, 0.5) is 0 Å². The predicted octanol–water partition coefficient (Wildman–Crippen LogP) is 3.08. The van der Waals surface area contributed by atoms with Crippen molar-refractivity contribution in [2.45, 2.75) is 39.2 Å². The monoisotopic (exact) mass is 334 g/mol. The van der Waals surface area contributed by atoms with E-state index in [9.17, 15) is 4.79 Å². The standard InChI is InChI=1S/C15H23ClN2O2.ClH/c1-11-10-13(16)5-6-14(11)20-9-3-8-18-15(19)7-4-12(2)17;/h5-6,10,12H,3-4,7-9,17H2,1-2H3,(H,18,19);1H. The van der Waals surface area contributed by atoms with Gasteiger partial charge in [0, 0.05) is 24.0 Å². The van der Waals surface area contributed by atoms with Gasteiger partial charge in [0.1, 0.15) is 5.75 Å². The predicted molar refractivity (Wildman–Crippen MR) is 89.4 cm³/mol. The fourth-order valence-electron chi connectivity index (χ4n) is 1.70. The van der Waals surface area contributed by atoms with Crippen LogP contribution in [0.15, 0.2) is 18.2 Å². The highest BCUT2D eigenvalue weighted by molar-refractivity contribution is 6.30. The Bertz CT molecular complexity index is 440. The summed E-state index contributed by atoms with van der Waals surface area (Å²) >= 11 is 5.88. The van der Waals surface area contributed by atoms with Crippen molar-refractivity contribution in [2.24, 2.45) is 5.73 Å². The van der Waals surface area contributed by atoms with Crippen LogP contribution in [0.5, 0.6) is 5.75 Å². The number of rotatable bonds is 8. The molecule has 21 heavy (non-hydrogen) atoms. The molecule has 0 radical (unpaired) electrons. The van der Waals surface area contributed by atoms with Crippen LogP contribution >= 0.6 is 24.0 Å². The maximum atomic E-state index is 11.5. The van der Waals surface area contributed by atoms with Crippen LogP contribution in [0.25, 0.3) is 0 Å². The summed E-state index contributed by atoms with van der Waals surface area (Å²) in [6.07, 6.45) is 1.97. The van der Waals surface area contributed by atoms with Crippen LogP contribution in [0.2, 0.25) is 5.02 Å². The van der Waals surface area contributed by atoms with E-state index in [0.717, 1.165) is 17.7 Å². The maximum Gasteiger partial charge on any atom is 0.220 e. The summed E-state index contributed by atoms with van der Waals surface area (Å²) in [5.74, 6) is 0.877. The quantitative estimate of drug-likeness (QED) is 0.718. The molecule has 120 valence electrons. The Morgan fingerprint density at radius 3 is 2.81 bits per heavy atom. The van der Waals surface area contributed by atoms with E-state index in [1.807, 2.05) is 26.0 Å². The molecule has 1 rings (SSSR count). The molecule has 0 aliphatic carbocycles. The Morgan fingerprint density at radius 1 is 1.48 bits per heavy atom. The lowest BCUT2D eigenvalue weighted by Crippen LogP contribution is -2.27. The topological polar surface area (TPSA) is 64.3 Å². The summed E-state index contributed by atoms with van der Waals surface area (Å²) in [6, 6.07) is 5.60. The lowest BCUT2D eigenvalue weighted by Gasteiger charge is -2.10. The number of benzene rings is 1. The van der Waals surface area contributed by atoms with Crippen molar-refractivity contribution < 1.29 is 9.53 Å². The molecule has 1 amide bonds. The zero-order valence-corrected chi connectivity index (χ0v) is 14.1. The number of ether oxygens (including phenoxy) is 1. The number of carbonyl (C=O) groups excluding carboxylic acids is 1. The zero-order chi connectivity index (χ0) is 15.0. The van der Waals surface area contributed by atoms with Gasteiger partial charge in [-0.3, -0.25) is 4.79 Å². The third-order valence-corrected chi connectivity index (χ3v) is 3.10. The molecule has 0 heterocycles. The van der Waals surface area contributed by atoms with E-state index in [1.54, 1.807) is 6.07 Å². The number of nitrogens with one attached hydrogen (secondary N) is 1. The minimum Gasteiger partial charge on any atom is -0.493 e. The minimum atomic E-state index is 0. The highest BCUT2D eigenvalue weighted by Crippen LogP contribution is 2.21. The molecule has 0 bridgehead atoms. The van der Waals surface area contributed by atoms with Crippen molar-refractivity contribution in [2.75, 3.05) is 13.2 Å². The summed E-state index contributed by atoms with van der Waals surface area (Å²) in [5, 5.41) is 3.56. The van der Waals surface area contributed by atoms with Crippen molar-refractivity contribution in [3.63, 3.8) is 0 Å². The van der Waals surface area contributed by atoms with E-state index in [1.165, 1.54) is 0 Å². The summed E-state index contributed by atoms with van der Waals surface area (Å²) in [7, 11) is 0. The van der Waals surface area contributed by atoms with Gasteiger partial charge in [0.05, 0.1) is 6.61 Å². The zero-order valence-electron chi connectivity index (χ0n) is 12.5. The number of carbonyl (C=O) groups is 1. The number of hydrogen-bond acceptors (Lipinski definition) is 3. The first-order chi connectivity index (χ1) is 9.49. The van der Waals surface area contributed by atoms with Crippen LogP contribution in [0.1, 0.15) is 31.7 Å². The Labute approximate surface area is 137 Å². The minimum absolute atomic E-state index is 0. The molecular formula is C15H24Cl2N2O2. The van der Waals surface area contributed by atoms with E-state index >= 15 is 0 Å². The summed E-state index contributed by atoms with van der Waals surface area (Å²) in [5.41, 5.74) is 6.61. The van der Waals surface area contributed by atoms with Gasteiger partial charge in [0.25, 0.3) is 0 Å². The Kier molecular flexibility index (Phi) is 10.2. The molecule has 0 fully saturated rings. The molecule has 0 saturated carbocycles. The second kappa shape index (κ2) is 10.7. The average Bonchev–Trinajstić information content (AvgIpc) is 2.38. The van der Waals surface area contributed by atoms with Gasteiger partial charge in [-0.05, 0) is 50.5 Å². The van der Waals surface area contributed by atoms with Crippen LogP contribution in [-0.2, 0) is 4.79 Å². The van der Waals surface area contributed by atoms with Gasteiger partial charge < -0.3 is 15.8 Å². The first-order valence-electron chi connectivity index (χ1n) is 6.90. The Morgan fingerprint density at radius 2 is 2.19 bits per heavy atom. The van der Waals surface area contributed by atoms with Gasteiger partial charge in [-0.25, -0.2) is 0 Å². The number of halogens is 2. The molecule has 0 aromatic heterocycles. The number of amides is 1. The average molecular weight is 335 g/mol. The molecule has 0 spiro atoms. The van der Waals surface area contributed by atoms with Gasteiger partial charge in [0.2, 0.25) is 5.91 Å². The first kappa shape index (κ1) is 20.0. The Balaban J connectivity index is 0.00000400.